The van der Waals surface area contributed by atoms with Crippen LogP contribution in [0.3, 0.4) is 0 Å². The van der Waals surface area contributed by atoms with Crippen LogP contribution in [-0.2, 0) is 23.9 Å². The SMILES string of the molecule is COC(=O)C[C@@H]1N=C(c2ccc(N3CCCC(C(=O)NC(C(=O)N4CCC[C@H]4C(=O)N[C@@H](C)c4ccc(-c5scnc5C)cc4)C(C)(C)C)C3)cc2)c2c(sc(C)c2C)-n2c(C)nnc21. The molecular formula is C49H59N9O5S2. The van der Waals surface area contributed by atoms with E-state index in [2.05, 4.69) is 81.0 Å². The van der Waals surface area contributed by atoms with E-state index in [-0.39, 0.29) is 42.1 Å². The number of thiophene rings is 1. The van der Waals surface area contributed by atoms with Crippen LogP contribution in [0.5, 0.6) is 0 Å². The summed E-state index contributed by atoms with van der Waals surface area (Å²) in [6.45, 7) is 17.7. The molecule has 0 aliphatic carbocycles. The standard InChI is InChI=1S/C49H59N9O5S2/c1-27-30(4)65-48-40(27)41(52-37(24-39(59)63-9)44-55-54-31(5)58(44)48)33-18-20-36(21-19-33)56-22-10-12-35(25-56)45(60)53-43(49(6,7)8)47(62)57-23-11-13-38(57)46(61)51-28(2)32-14-16-34(17-15-32)42-29(3)50-26-64-42/h14-21,26,28,35,37-38,43H,10-13,22-25H2,1-9H3,(H,51,61)(H,53,60)/t28-,35?,37-,38-,43?/m0/s1. The van der Waals surface area contributed by atoms with Crippen LogP contribution in [0.1, 0.15) is 116 Å². The fourth-order valence-corrected chi connectivity index (χ4v) is 11.3. The van der Waals surface area contributed by atoms with Crippen LogP contribution in [0.15, 0.2) is 59.0 Å². The Balaban J connectivity index is 0.945. The molecule has 0 saturated carbocycles. The summed E-state index contributed by atoms with van der Waals surface area (Å²) in [6, 6.07) is 14.1. The van der Waals surface area contributed by atoms with Gasteiger partial charge in [0.05, 0.1) is 47.3 Å². The molecular weight excluding hydrogens is 859 g/mol. The highest BCUT2D eigenvalue weighted by Gasteiger charge is 2.43. The van der Waals surface area contributed by atoms with Gasteiger partial charge in [-0.05, 0) is 94.5 Å². The van der Waals surface area contributed by atoms with E-state index in [1.807, 2.05) is 63.8 Å². The number of aryl methyl sites for hydroxylation is 3. The third-order valence-corrected chi connectivity index (χ3v) is 15.3. The number of esters is 1. The topological polar surface area (TPSA) is 164 Å². The zero-order valence-corrected chi connectivity index (χ0v) is 40.4. The second-order valence-electron chi connectivity index (χ2n) is 18.6. The zero-order valence-electron chi connectivity index (χ0n) is 38.7. The molecule has 6 heterocycles. The number of aliphatic imine (C=N–C) groups is 1. The number of nitrogens with one attached hydrogen (secondary N) is 2. The first-order valence-electron chi connectivity index (χ1n) is 22.5. The number of likely N-dealkylation sites (tertiary alicyclic amines) is 1. The van der Waals surface area contributed by atoms with Crippen molar-refractivity contribution in [1.82, 2.24) is 35.3 Å². The molecule has 3 amide bonds. The molecule has 3 aromatic heterocycles. The molecule has 2 unspecified atom stereocenters. The van der Waals surface area contributed by atoms with E-state index in [0.717, 1.165) is 78.5 Å². The van der Waals surface area contributed by atoms with Gasteiger partial charge in [0.25, 0.3) is 0 Å². The number of fused-ring (bicyclic) bond motifs is 3. The summed E-state index contributed by atoms with van der Waals surface area (Å²) in [5.74, 6) is 0.0313. The van der Waals surface area contributed by atoms with E-state index in [4.69, 9.17) is 9.73 Å². The predicted molar refractivity (Wildman–Crippen MR) is 255 cm³/mol. The summed E-state index contributed by atoms with van der Waals surface area (Å²) in [5, 5.41) is 16.1. The van der Waals surface area contributed by atoms with Gasteiger partial charge in [-0.2, -0.15) is 0 Å². The van der Waals surface area contributed by atoms with Crippen molar-refractivity contribution < 1.29 is 23.9 Å². The first-order valence-corrected chi connectivity index (χ1v) is 24.2. The monoisotopic (exact) mass is 917 g/mol. The van der Waals surface area contributed by atoms with Gasteiger partial charge in [0.2, 0.25) is 17.7 Å². The molecule has 0 radical (unpaired) electrons. The number of hydrogen-bond donors (Lipinski definition) is 2. The number of carbonyl (C=O) groups excluding carboxylic acids is 4. The lowest BCUT2D eigenvalue weighted by Crippen LogP contribution is -2.59. The number of hydrogen-bond acceptors (Lipinski definition) is 12. The Morgan fingerprint density at radius 1 is 0.892 bits per heavy atom. The van der Waals surface area contributed by atoms with Crippen LogP contribution in [0, 0.1) is 39.0 Å². The normalized spacial score (nSPS) is 19.4. The Morgan fingerprint density at radius 2 is 1.60 bits per heavy atom. The number of carbonyl (C=O) groups is 4. The summed E-state index contributed by atoms with van der Waals surface area (Å²) < 4.78 is 7.07. The number of ether oxygens (including phenoxy) is 1. The third kappa shape index (κ3) is 9.24. The number of aromatic nitrogens is 4. The van der Waals surface area contributed by atoms with Crippen LogP contribution in [-0.4, -0.2) is 92.9 Å². The first kappa shape index (κ1) is 45.8. The minimum Gasteiger partial charge on any atom is -0.469 e. The number of amides is 3. The lowest BCUT2D eigenvalue weighted by atomic mass is 9.84. The van der Waals surface area contributed by atoms with Crippen molar-refractivity contribution in [3.8, 4) is 15.4 Å². The van der Waals surface area contributed by atoms with Crippen molar-refractivity contribution in [2.24, 2.45) is 16.3 Å². The average molecular weight is 918 g/mol. The van der Waals surface area contributed by atoms with E-state index in [1.54, 1.807) is 27.6 Å². The van der Waals surface area contributed by atoms with Crippen LogP contribution in [0.25, 0.3) is 15.4 Å². The highest BCUT2D eigenvalue weighted by molar-refractivity contribution is 7.15. The Morgan fingerprint density at radius 3 is 2.28 bits per heavy atom. The number of rotatable bonds is 11. The molecule has 5 aromatic rings. The van der Waals surface area contributed by atoms with E-state index in [1.165, 1.54) is 7.11 Å². The maximum absolute atomic E-state index is 14.5. The zero-order chi connectivity index (χ0) is 46.3. The van der Waals surface area contributed by atoms with Gasteiger partial charge in [0.15, 0.2) is 5.82 Å². The fraction of sp³-hybridized carbons (Fsp3) is 0.469. The minimum atomic E-state index is -0.812. The van der Waals surface area contributed by atoms with Gasteiger partial charge in [-0.3, -0.25) is 28.7 Å². The Bertz CT molecular complexity index is 2620. The van der Waals surface area contributed by atoms with Gasteiger partial charge in [0, 0.05) is 41.3 Å². The highest BCUT2D eigenvalue weighted by atomic mass is 32.1. The number of methoxy groups -OCH3 is 1. The number of anilines is 1. The molecule has 0 spiro atoms. The summed E-state index contributed by atoms with van der Waals surface area (Å²) in [7, 11) is 1.38. The van der Waals surface area contributed by atoms with Crippen LogP contribution in [0.4, 0.5) is 5.69 Å². The van der Waals surface area contributed by atoms with Gasteiger partial charge in [-0.15, -0.1) is 32.9 Å². The third-order valence-electron chi connectivity index (χ3n) is 13.1. The Hall–Kier alpha value is -5.74. The Kier molecular flexibility index (Phi) is 13.1. The minimum absolute atomic E-state index is 0.0280. The number of benzene rings is 2. The molecule has 5 atom stereocenters. The molecule has 342 valence electrons. The molecule has 2 saturated heterocycles. The van der Waals surface area contributed by atoms with Gasteiger partial charge < -0.3 is 25.2 Å². The largest absolute Gasteiger partial charge is 0.469 e. The number of thiazole rings is 1. The lowest BCUT2D eigenvalue weighted by Gasteiger charge is -2.38. The van der Waals surface area contributed by atoms with Crippen LogP contribution >= 0.6 is 22.7 Å². The van der Waals surface area contributed by atoms with Crippen molar-refractivity contribution >= 4 is 57.8 Å². The maximum Gasteiger partial charge on any atom is 0.308 e. The van der Waals surface area contributed by atoms with Crippen molar-refractivity contribution in [2.45, 2.75) is 112 Å². The molecule has 14 nitrogen and oxygen atoms in total. The second kappa shape index (κ2) is 18.6. The molecule has 3 aliphatic heterocycles. The van der Waals surface area contributed by atoms with Crippen LogP contribution < -0.4 is 15.5 Å². The van der Waals surface area contributed by atoms with Crippen molar-refractivity contribution in [1.29, 1.82) is 0 Å². The molecule has 2 fully saturated rings. The molecule has 3 aliphatic rings. The molecule has 8 rings (SSSR count). The number of piperidine rings is 1. The predicted octanol–water partition coefficient (Wildman–Crippen LogP) is 7.76. The second-order valence-corrected chi connectivity index (χ2v) is 20.7. The van der Waals surface area contributed by atoms with E-state index in [9.17, 15) is 19.2 Å². The molecule has 2 aromatic carbocycles. The summed E-state index contributed by atoms with van der Waals surface area (Å²) in [4.78, 5) is 70.9. The van der Waals surface area contributed by atoms with Crippen molar-refractivity contribution in [3.63, 3.8) is 0 Å². The fourth-order valence-electron chi connectivity index (χ4n) is 9.29. The lowest BCUT2D eigenvalue weighted by molar-refractivity contribution is -0.144. The van der Waals surface area contributed by atoms with Gasteiger partial charge in [-0.25, -0.2) is 4.98 Å². The molecule has 2 N–H and O–H groups in total. The van der Waals surface area contributed by atoms with Crippen molar-refractivity contribution in [3.05, 3.63) is 98.5 Å². The van der Waals surface area contributed by atoms with Crippen LogP contribution in [0.2, 0.25) is 0 Å². The summed E-state index contributed by atoms with van der Waals surface area (Å²) >= 11 is 3.26. The maximum atomic E-state index is 14.5. The van der Waals surface area contributed by atoms with E-state index < -0.39 is 23.5 Å². The molecule has 65 heavy (non-hydrogen) atoms. The highest BCUT2D eigenvalue weighted by Crippen LogP contribution is 2.40. The van der Waals surface area contributed by atoms with Gasteiger partial charge in [0.1, 0.15) is 29.0 Å². The number of nitrogens with zero attached hydrogens (tertiary/aromatic N) is 7. The van der Waals surface area contributed by atoms with E-state index >= 15 is 0 Å². The smallest absolute Gasteiger partial charge is 0.308 e. The van der Waals surface area contributed by atoms with E-state index in [0.29, 0.717) is 38.2 Å². The Labute approximate surface area is 388 Å². The van der Waals surface area contributed by atoms with Crippen molar-refractivity contribution in [2.75, 3.05) is 31.6 Å². The summed E-state index contributed by atoms with van der Waals surface area (Å²) in [5.41, 5.74) is 9.06. The van der Waals surface area contributed by atoms with Gasteiger partial charge in [-0.1, -0.05) is 57.2 Å². The molecule has 16 heteroatoms. The summed E-state index contributed by atoms with van der Waals surface area (Å²) in [6.07, 6.45) is 2.81. The molecule has 0 bridgehead atoms. The quantitative estimate of drug-likeness (QED) is 0.126. The van der Waals surface area contributed by atoms with Gasteiger partial charge >= 0.3 is 5.97 Å². The first-order chi connectivity index (χ1) is 31.0. The average Bonchev–Trinajstić information content (AvgIpc) is 4.09.